The number of hydrogen-bond acceptors (Lipinski definition) is 4. The fourth-order valence-corrected chi connectivity index (χ4v) is 3.90. The van der Waals surface area contributed by atoms with Crippen LogP contribution in [0.1, 0.15) is 25.7 Å². The van der Waals surface area contributed by atoms with E-state index in [9.17, 15) is 14.0 Å². The number of carbonyl (C=O) groups excluding carboxylic acids is 1. The van der Waals surface area contributed by atoms with Gasteiger partial charge >= 0.3 is 12.1 Å². The molecule has 8 heteroatoms. The fraction of sp³-hybridized carbons (Fsp3) is 0.391. The molecule has 1 fully saturated rings. The van der Waals surface area contributed by atoms with Gasteiger partial charge in [0.1, 0.15) is 12.4 Å². The Bertz CT molecular complexity index is 915. The highest BCUT2D eigenvalue weighted by Crippen LogP contribution is 2.30. The number of anilines is 1. The summed E-state index contributed by atoms with van der Waals surface area (Å²) in [6.07, 6.45) is 2.97. The van der Waals surface area contributed by atoms with Crippen molar-refractivity contribution < 1.29 is 28.6 Å². The van der Waals surface area contributed by atoms with Crippen LogP contribution in [0.3, 0.4) is 0 Å². The Morgan fingerprint density at radius 3 is 2.42 bits per heavy atom. The molecule has 0 unspecified atom stereocenters. The third kappa shape index (κ3) is 7.22. The summed E-state index contributed by atoms with van der Waals surface area (Å²) in [7, 11) is 0. The van der Waals surface area contributed by atoms with Crippen molar-refractivity contribution in [3.63, 3.8) is 0 Å². The lowest BCUT2D eigenvalue weighted by atomic mass is 9.83. The lowest BCUT2D eigenvalue weighted by molar-refractivity contribution is -0.142. The van der Waals surface area contributed by atoms with Gasteiger partial charge in [0.05, 0.1) is 13.2 Å². The summed E-state index contributed by atoms with van der Waals surface area (Å²) in [5.74, 6) is -0.843. The van der Waals surface area contributed by atoms with Gasteiger partial charge in [0.2, 0.25) is 0 Å². The van der Waals surface area contributed by atoms with Crippen molar-refractivity contribution in [1.82, 2.24) is 0 Å². The molecule has 1 aliphatic rings. The second-order valence-electron chi connectivity index (χ2n) is 7.72. The minimum atomic E-state index is -0.966. The van der Waals surface area contributed by atoms with Crippen LogP contribution >= 0.6 is 11.6 Å². The summed E-state index contributed by atoms with van der Waals surface area (Å²) in [6, 6.07) is 11.4. The molecular formula is C23H25ClFNO5. The predicted molar refractivity (Wildman–Crippen MR) is 116 cm³/mol. The van der Waals surface area contributed by atoms with E-state index in [0.717, 1.165) is 25.7 Å². The Morgan fingerprint density at radius 2 is 1.77 bits per heavy atom. The average Bonchev–Trinajstić information content (AvgIpc) is 2.73. The first-order valence-electron chi connectivity index (χ1n) is 10.2. The van der Waals surface area contributed by atoms with Crippen LogP contribution in [-0.4, -0.2) is 37.0 Å². The first-order chi connectivity index (χ1) is 14.9. The maximum atomic E-state index is 14.5. The number of benzene rings is 2. The third-order valence-electron chi connectivity index (χ3n) is 5.35. The number of amides is 1. The Hall–Kier alpha value is -2.64. The molecule has 0 saturated heterocycles. The largest absolute Gasteiger partial charge is 0.480 e. The number of halogens is 2. The highest BCUT2D eigenvalue weighted by molar-refractivity contribution is 6.30. The van der Waals surface area contributed by atoms with Gasteiger partial charge in [-0.3, -0.25) is 5.32 Å². The topological polar surface area (TPSA) is 84.9 Å². The number of hydrogen-bond donors (Lipinski definition) is 2. The molecule has 166 valence electrons. The van der Waals surface area contributed by atoms with Crippen molar-refractivity contribution in [1.29, 1.82) is 0 Å². The number of ether oxygens (including phenoxy) is 2. The van der Waals surface area contributed by atoms with Crippen LogP contribution < -0.4 is 5.32 Å². The zero-order chi connectivity index (χ0) is 22.2. The monoisotopic (exact) mass is 449 g/mol. The molecule has 31 heavy (non-hydrogen) atoms. The van der Waals surface area contributed by atoms with Gasteiger partial charge in [-0.25, -0.2) is 14.0 Å². The summed E-state index contributed by atoms with van der Waals surface area (Å²) in [6.45, 7) is 0.457. The molecule has 1 aliphatic carbocycles. The molecule has 0 aromatic heterocycles. The Labute approximate surface area is 185 Å². The second-order valence-corrected chi connectivity index (χ2v) is 8.16. The fourth-order valence-electron chi connectivity index (χ4n) is 3.71. The molecule has 0 atom stereocenters. The number of rotatable bonds is 8. The summed E-state index contributed by atoms with van der Waals surface area (Å²) in [5, 5.41) is 11.7. The van der Waals surface area contributed by atoms with Crippen LogP contribution in [0.4, 0.5) is 14.9 Å². The van der Waals surface area contributed by atoms with E-state index in [2.05, 4.69) is 5.32 Å². The number of carboxylic acids is 1. The van der Waals surface area contributed by atoms with Crippen molar-refractivity contribution in [2.75, 3.05) is 25.1 Å². The molecule has 0 bridgehead atoms. The Balaban J connectivity index is 1.42. The van der Waals surface area contributed by atoms with Crippen molar-refractivity contribution in [3.8, 4) is 11.1 Å². The van der Waals surface area contributed by atoms with Crippen LogP contribution in [0.25, 0.3) is 11.1 Å². The summed E-state index contributed by atoms with van der Waals surface area (Å²) in [5.41, 5.74) is 1.36. The Kier molecular flexibility index (Phi) is 8.26. The van der Waals surface area contributed by atoms with E-state index < -0.39 is 17.9 Å². The van der Waals surface area contributed by atoms with Gasteiger partial charge in [-0.15, -0.1) is 0 Å². The van der Waals surface area contributed by atoms with E-state index in [1.807, 2.05) is 0 Å². The minimum Gasteiger partial charge on any atom is -0.480 e. The summed E-state index contributed by atoms with van der Waals surface area (Å²) < 4.78 is 24.9. The van der Waals surface area contributed by atoms with Gasteiger partial charge in [-0.1, -0.05) is 23.7 Å². The van der Waals surface area contributed by atoms with Crippen LogP contribution in [0, 0.1) is 17.7 Å². The highest BCUT2D eigenvalue weighted by Gasteiger charge is 2.23. The lowest BCUT2D eigenvalue weighted by Crippen LogP contribution is -2.25. The third-order valence-corrected chi connectivity index (χ3v) is 5.58. The smallest absolute Gasteiger partial charge is 0.411 e. The number of nitrogens with one attached hydrogen (secondary N) is 1. The molecule has 0 radical (unpaired) electrons. The van der Waals surface area contributed by atoms with E-state index in [-0.39, 0.29) is 19.1 Å². The van der Waals surface area contributed by atoms with Gasteiger partial charge in [0, 0.05) is 16.3 Å². The molecule has 1 saturated carbocycles. The molecule has 2 aromatic carbocycles. The van der Waals surface area contributed by atoms with Crippen molar-refractivity contribution >= 4 is 29.4 Å². The second kappa shape index (κ2) is 11.1. The molecule has 1 amide bonds. The first kappa shape index (κ1) is 23.0. The maximum Gasteiger partial charge on any atom is 0.411 e. The number of carbonyl (C=O) groups is 2. The predicted octanol–water partition coefficient (Wildman–Crippen LogP) is 5.60. The standard InChI is InChI=1S/C23H25ClFNO5/c24-18-3-1-2-17(10-18)20-9-8-19(11-21(20)25)26-23(29)31-13-16-6-4-15(5-7-16)12-30-14-22(27)28/h1-3,8-11,15-16H,4-7,12-14H2,(H,26,29)(H,27,28). The molecular weight excluding hydrogens is 425 g/mol. The van der Waals surface area contributed by atoms with E-state index in [4.69, 9.17) is 26.2 Å². The molecule has 3 rings (SSSR count). The Morgan fingerprint density at radius 1 is 1.06 bits per heavy atom. The van der Waals surface area contributed by atoms with Gasteiger partial charge in [0.15, 0.2) is 0 Å². The molecule has 6 nitrogen and oxygen atoms in total. The molecule has 2 aromatic rings. The van der Waals surface area contributed by atoms with Crippen LogP contribution in [0.5, 0.6) is 0 Å². The zero-order valence-electron chi connectivity index (χ0n) is 17.0. The number of carboxylic acid groups (broad SMARTS) is 1. The van der Waals surface area contributed by atoms with Crippen LogP contribution in [-0.2, 0) is 14.3 Å². The van der Waals surface area contributed by atoms with Crippen molar-refractivity contribution in [3.05, 3.63) is 53.3 Å². The van der Waals surface area contributed by atoms with Crippen molar-refractivity contribution in [2.45, 2.75) is 25.7 Å². The zero-order valence-corrected chi connectivity index (χ0v) is 17.7. The summed E-state index contributed by atoms with van der Waals surface area (Å²) >= 11 is 5.96. The van der Waals surface area contributed by atoms with E-state index in [1.54, 1.807) is 36.4 Å². The molecule has 0 spiro atoms. The average molecular weight is 450 g/mol. The van der Waals surface area contributed by atoms with Gasteiger partial charge in [-0.2, -0.15) is 0 Å². The molecule has 2 N–H and O–H groups in total. The van der Waals surface area contributed by atoms with Gasteiger partial charge < -0.3 is 14.6 Å². The maximum absolute atomic E-state index is 14.5. The molecule has 0 heterocycles. The van der Waals surface area contributed by atoms with E-state index >= 15 is 0 Å². The van der Waals surface area contributed by atoms with E-state index in [0.29, 0.717) is 34.4 Å². The number of aliphatic carboxylic acids is 1. The van der Waals surface area contributed by atoms with Gasteiger partial charge in [0.25, 0.3) is 0 Å². The van der Waals surface area contributed by atoms with Crippen LogP contribution in [0.2, 0.25) is 5.02 Å². The SMILES string of the molecule is O=C(O)COCC1CCC(COC(=O)Nc2ccc(-c3cccc(Cl)c3)c(F)c2)CC1. The summed E-state index contributed by atoms with van der Waals surface area (Å²) in [4.78, 5) is 22.6. The molecule has 0 aliphatic heterocycles. The first-order valence-corrected chi connectivity index (χ1v) is 10.6. The van der Waals surface area contributed by atoms with Crippen molar-refractivity contribution in [2.24, 2.45) is 11.8 Å². The quantitative estimate of drug-likeness (QED) is 0.547. The van der Waals surface area contributed by atoms with E-state index in [1.165, 1.54) is 6.07 Å². The van der Waals surface area contributed by atoms with Gasteiger partial charge in [-0.05, 0) is 73.4 Å². The minimum absolute atomic E-state index is 0.253. The highest BCUT2D eigenvalue weighted by atomic mass is 35.5. The normalized spacial score (nSPS) is 18.4. The lowest BCUT2D eigenvalue weighted by Gasteiger charge is -2.27. The van der Waals surface area contributed by atoms with Crippen LogP contribution in [0.15, 0.2) is 42.5 Å².